The number of pyridine rings is 1. The molecule has 3 rings (SSSR count). The smallest absolute Gasteiger partial charge is 0.152 e. The molecule has 0 fully saturated rings. The average Bonchev–Trinajstić information content (AvgIpc) is 2.51. The van der Waals surface area contributed by atoms with E-state index in [9.17, 15) is 0 Å². The van der Waals surface area contributed by atoms with Crippen molar-refractivity contribution in [2.45, 2.75) is 6.92 Å². The molecule has 0 aliphatic carbocycles. The van der Waals surface area contributed by atoms with Crippen molar-refractivity contribution >= 4 is 39.0 Å². The fourth-order valence-corrected chi connectivity index (χ4v) is 2.58. The van der Waals surface area contributed by atoms with E-state index < -0.39 is 0 Å². The molecule has 5 heteroatoms. The molecule has 0 radical (unpaired) electrons. The predicted molar refractivity (Wildman–Crippen MR) is 91.7 cm³/mol. The third-order valence-corrected chi connectivity index (χ3v) is 3.65. The number of methoxy groups -OCH3 is 1. The van der Waals surface area contributed by atoms with Gasteiger partial charge in [-0.15, -0.1) is 0 Å². The minimum atomic E-state index is 0.675. The molecule has 110 valence electrons. The van der Waals surface area contributed by atoms with Crippen molar-refractivity contribution in [1.29, 1.82) is 0 Å². The molecule has 0 aliphatic heterocycles. The van der Waals surface area contributed by atoms with E-state index >= 15 is 0 Å². The molecule has 2 aromatic heterocycles. The van der Waals surface area contributed by atoms with E-state index in [2.05, 4.69) is 30.9 Å². The Hall–Kier alpha value is -2.27. The first-order valence-corrected chi connectivity index (χ1v) is 7.57. The van der Waals surface area contributed by atoms with Crippen molar-refractivity contribution in [2.75, 3.05) is 7.11 Å². The largest absolute Gasteiger partial charge is 0.496 e. The van der Waals surface area contributed by atoms with Gasteiger partial charge in [0.2, 0.25) is 0 Å². The topological polar surface area (TPSA) is 47.9 Å². The highest BCUT2D eigenvalue weighted by Gasteiger charge is 2.05. The lowest BCUT2D eigenvalue weighted by Crippen LogP contribution is -1.90. The van der Waals surface area contributed by atoms with Crippen molar-refractivity contribution < 1.29 is 4.74 Å². The van der Waals surface area contributed by atoms with Gasteiger partial charge < -0.3 is 4.74 Å². The maximum absolute atomic E-state index is 5.38. The predicted octanol–water partition coefficient (Wildman–Crippen LogP) is 4.27. The van der Waals surface area contributed by atoms with Gasteiger partial charge >= 0.3 is 0 Å². The average molecular weight is 356 g/mol. The first-order chi connectivity index (χ1) is 10.7. The summed E-state index contributed by atoms with van der Waals surface area (Å²) in [6.07, 6.45) is 5.51. The number of rotatable bonds is 3. The van der Waals surface area contributed by atoms with Crippen LogP contribution >= 0.6 is 15.9 Å². The SMILES string of the molecule is COc1cc(Br)cc2nc(/C=C/c3nccc(C)n3)ccc12. The summed E-state index contributed by atoms with van der Waals surface area (Å²) in [5.74, 6) is 1.48. The van der Waals surface area contributed by atoms with Crippen molar-refractivity contribution in [1.82, 2.24) is 15.0 Å². The second-order valence-corrected chi connectivity index (χ2v) is 5.72. The third kappa shape index (κ3) is 3.14. The van der Waals surface area contributed by atoms with Crippen LogP contribution in [0.25, 0.3) is 23.1 Å². The first-order valence-electron chi connectivity index (χ1n) is 6.78. The summed E-state index contributed by atoms with van der Waals surface area (Å²) in [4.78, 5) is 13.2. The van der Waals surface area contributed by atoms with Gasteiger partial charge in [-0.2, -0.15) is 0 Å². The highest BCUT2D eigenvalue weighted by molar-refractivity contribution is 9.10. The van der Waals surface area contributed by atoms with Gasteiger partial charge in [0.25, 0.3) is 0 Å². The van der Waals surface area contributed by atoms with Crippen LogP contribution in [0.3, 0.4) is 0 Å². The molecule has 0 bridgehead atoms. The molecule has 1 aromatic carbocycles. The van der Waals surface area contributed by atoms with Crippen molar-refractivity contribution in [3.05, 3.63) is 58.2 Å². The normalized spacial score (nSPS) is 11.2. The molecule has 0 unspecified atom stereocenters. The van der Waals surface area contributed by atoms with E-state index in [-0.39, 0.29) is 0 Å². The maximum Gasteiger partial charge on any atom is 0.152 e. The lowest BCUT2D eigenvalue weighted by Gasteiger charge is -2.06. The van der Waals surface area contributed by atoms with Crippen molar-refractivity contribution in [3.8, 4) is 5.75 Å². The molecular formula is C17H14BrN3O. The lowest BCUT2D eigenvalue weighted by atomic mass is 10.2. The molecule has 0 saturated heterocycles. The molecule has 0 aliphatic rings. The molecule has 0 saturated carbocycles. The minimum absolute atomic E-state index is 0.675. The Labute approximate surface area is 137 Å². The summed E-state index contributed by atoms with van der Waals surface area (Å²) in [7, 11) is 1.66. The quantitative estimate of drug-likeness (QED) is 0.703. The Kier molecular flexibility index (Phi) is 4.15. The molecule has 22 heavy (non-hydrogen) atoms. The summed E-state index contributed by atoms with van der Waals surface area (Å²) < 4.78 is 6.32. The number of hydrogen-bond donors (Lipinski definition) is 0. The number of hydrogen-bond acceptors (Lipinski definition) is 4. The van der Waals surface area contributed by atoms with Gasteiger partial charge in [-0.1, -0.05) is 15.9 Å². The van der Waals surface area contributed by atoms with E-state index in [0.29, 0.717) is 5.82 Å². The summed E-state index contributed by atoms with van der Waals surface area (Å²) in [6.45, 7) is 1.94. The van der Waals surface area contributed by atoms with E-state index in [1.54, 1.807) is 13.3 Å². The molecule has 0 spiro atoms. The van der Waals surface area contributed by atoms with Gasteiger partial charge in [-0.3, -0.25) is 0 Å². The van der Waals surface area contributed by atoms with Crippen LogP contribution in [-0.2, 0) is 0 Å². The Morgan fingerprint density at radius 3 is 2.73 bits per heavy atom. The second-order valence-electron chi connectivity index (χ2n) is 4.80. The van der Waals surface area contributed by atoms with Gasteiger partial charge in [-0.25, -0.2) is 15.0 Å². The van der Waals surface area contributed by atoms with Gasteiger partial charge in [0, 0.05) is 21.7 Å². The van der Waals surface area contributed by atoms with Crippen LogP contribution in [0.1, 0.15) is 17.2 Å². The van der Waals surface area contributed by atoms with Crippen molar-refractivity contribution in [2.24, 2.45) is 0 Å². The number of aryl methyl sites for hydroxylation is 1. The Balaban J connectivity index is 1.98. The standard InChI is InChI=1S/C17H14BrN3O/c1-11-7-8-19-17(20-11)6-4-13-3-5-14-15(21-13)9-12(18)10-16(14)22-2/h3-10H,1-2H3/b6-4+. The Bertz CT molecular complexity index is 862. The van der Waals surface area contributed by atoms with Crippen LogP contribution in [0.2, 0.25) is 0 Å². The van der Waals surface area contributed by atoms with E-state index in [4.69, 9.17) is 4.74 Å². The first kappa shape index (κ1) is 14.7. The fourth-order valence-electron chi connectivity index (χ4n) is 2.15. The zero-order valence-corrected chi connectivity index (χ0v) is 13.8. The highest BCUT2D eigenvalue weighted by atomic mass is 79.9. The zero-order chi connectivity index (χ0) is 15.5. The van der Waals surface area contributed by atoms with Crippen LogP contribution < -0.4 is 4.74 Å². The Morgan fingerprint density at radius 1 is 1.09 bits per heavy atom. The van der Waals surface area contributed by atoms with E-state index in [1.165, 1.54) is 0 Å². The number of nitrogens with zero attached hydrogens (tertiary/aromatic N) is 3. The maximum atomic E-state index is 5.38. The highest BCUT2D eigenvalue weighted by Crippen LogP contribution is 2.29. The zero-order valence-electron chi connectivity index (χ0n) is 12.2. The molecule has 0 amide bonds. The molecule has 0 N–H and O–H groups in total. The summed E-state index contributed by atoms with van der Waals surface area (Å²) in [5, 5.41) is 0.981. The van der Waals surface area contributed by atoms with Gasteiger partial charge in [0.05, 0.1) is 18.3 Å². The molecule has 4 nitrogen and oxygen atoms in total. The number of fused-ring (bicyclic) bond motifs is 1. The van der Waals surface area contributed by atoms with E-state index in [1.807, 2.05) is 49.4 Å². The van der Waals surface area contributed by atoms with Crippen LogP contribution in [0.15, 0.2) is 41.0 Å². The van der Waals surface area contributed by atoms with Gasteiger partial charge in [0.15, 0.2) is 5.82 Å². The molecular weight excluding hydrogens is 342 g/mol. The molecule has 0 atom stereocenters. The summed E-state index contributed by atoms with van der Waals surface area (Å²) in [6, 6.07) is 9.73. The molecule has 2 heterocycles. The van der Waals surface area contributed by atoms with Crippen LogP contribution in [-0.4, -0.2) is 22.1 Å². The number of halogens is 1. The monoisotopic (exact) mass is 355 g/mol. The number of benzene rings is 1. The van der Waals surface area contributed by atoms with E-state index in [0.717, 1.165) is 32.5 Å². The number of aromatic nitrogens is 3. The van der Waals surface area contributed by atoms with Crippen molar-refractivity contribution in [3.63, 3.8) is 0 Å². The lowest BCUT2D eigenvalue weighted by molar-refractivity contribution is 0.419. The molecule has 3 aromatic rings. The second kappa shape index (κ2) is 6.23. The summed E-state index contributed by atoms with van der Waals surface area (Å²) in [5.41, 5.74) is 2.66. The Morgan fingerprint density at radius 2 is 1.95 bits per heavy atom. The van der Waals surface area contributed by atoms with Crippen LogP contribution in [0.4, 0.5) is 0 Å². The minimum Gasteiger partial charge on any atom is -0.496 e. The van der Waals surface area contributed by atoms with Gasteiger partial charge in [0.1, 0.15) is 5.75 Å². The number of ether oxygens (including phenoxy) is 1. The fraction of sp³-hybridized carbons (Fsp3) is 0.118. The van der Waals surface area contributed by atoms with Crippen LogP contribution in [0.5, 0.6) is 5.75 Å². The third-order valence-electron chi connectivity index (χ3n) is 3.19. The summed E-state index contributed by atoms with van der Waals surface area (Å²) >= 11 is 3.47. The van der Waals surface area contributed by atoms with Crippen LogP contribution in [0, 0.1) is 6.92 Å². The van der Waals surface area contributed by atoms with Gasteiger partial charge in [-0.05, 0) is 49.4 Å².